The fourth-order valence-corrected chi connectivity index (χ4v) is 2.18. The lowest BCUT2D eigenvalue weighted by Gasteiger charge is -2.17. The van der Waals surface area contributed by atoms with Crippen LogP contribution in [0.3, 0.4) is 0 Å². The first-order valence-corrected chi connectivity index (χ1v) is 6.82. The second-order valence-electron chi connectivity index (χ2n) is 4.78. The molecular formula is C15H23F2N. The van der Waals surface area contributed by atoms with E-state index in [0.29, 0.717) is 17.9 Å². The van der Waals surface area contributed by atoms with Crippen LogP contribution in [0.25, 0.3) is 0 Å². The normalized spacial score (nSPS) is 12.7. The van der Waals surface area contributed by atoms with Gasteiger partial charge in [0.1, 0.15) is 0 Å². The van der Waals surface area contributed by atoms with E-state index in [0.717, 1.165) is 32.4 Å². The molecule has 0 bridgehead atoms. The fourth-order valence-electron chi connectivity index (χ4n) is 2.18. The van der Waals surface area contributed by atoms with Crippen LogP contribution in [0.2, 0.25) is 0 Å². The van der Waals surface area contributed by atoms with Crippen LogP contribution in [0, 0.1) is 17.6 Å². The number of benzene rings is 1. The zero-order valence-corrected chi connectivity index (χ0v) is 11.3. The van der Waals surface area contributed by atoms with Gasteiger partial charge in [-0.1, -0.05) is 32.4 Å². The molecule has 1 nitrogen and oxygen atoms in total. The van der Waals surface area contributed by atoms with Gasteiger partial charge in [-0.15, -0.1) is 0 Å². The van der Waals surface area contributed by atoms with Crippen molar-refractivity contribution in [3.8, 4) is 0 Å². The Bertz CT molecular complexity index is 352. The van der Waals surface area contributed by atoms with E-state index in [9.17, 15) is 8.78 Å². The van der Waals surface area contributed by atoms with Gasteiger partial charge in [0.15, 0.2) is 11.6 Å². The largest absolute Gasteiger partial charge is 0.316 e. The van der Waals surface area contributed by atoms with Crippen LogP contribution in [-0.2, 0) is 6.42 Å². The molecule has 0 radical (unpaired) electrons. The third kappa shape index (κ3) is 4.73. The Labute approximate surface area is 109 Å². The second kappa shape index (κ2) is 8.20. The summed E-state index contributed by atoms with van der Waals surface area (Å²) < 4.78 is 26.7. The van der Waals surface area contributed by atoms with Gasteiger partial charge < -0.3 is 5.32 Å². The summed E-state index contributed by atoms with van der Waals surface area (Å²) >= 11 is 0. The summed E-state index contributed by atoms with van der Waals surface area (Å²) in [7, 11) is 0. The lowest BCUT2D eigenvalue weighted by atomic mass is 9.94. The average molecular weight is 255 g/mol. The van der Waals surface area contributed by atoms with E-state index in [4.69, 9.17) is 0 Å². The summed E-state index contributed by atoms with van der Waals surface area (Å²) in [6.07, 6.45) is 3.80. The van der Waals surface area contributed by atoms with Crippen LogP contribution in [0.1, 0.15) is 38.7 Å². The number of halogens is 2. The van der Waals surface area contributed by atoms with Crippen LogP contribution in [0.4, 0.5) is 8.78 Å². The van der Waals surface area contributed by atoms with Crippen molar-refractivity contribution in [2.24, 2.45) is 5.92 Å². The van der Waals surface area contributed by atoms with Crippen molar-refractivity contribution in [3.63, 3.8) is 0 Å². The van der Waals surface area contributed by atoms with Gasteiger partial charge in [0, 0.05) is 0 Å². The third-order valence-electron chi connectivity index (χ3n) is 3.10. The molecule has 0 aliphatic carbocycles. The maximum atomic E-state index is 13.6. The molecule has 0 saturated heterocycles. The first-order valence-electron chi connectivity index (χ1n) is 6.82. The van der Waals surface area contributed by atoms with E-state index in [1.807, 2.05) is 0 Å². The molecule has 0 aliphatic heterocycles. The Kier molecular flexibility index (Phi) is 6.88. The van der Waals surface area contributed by atoms with Crippen molar-refractivity contribution in [3.05, 3.63) is 35.4 Å². The molecule has 0 amide bonds. The molecule has 0 fully saturated rings. The van der Waals surface area contributed by atoms with Crippen LogP contribution >= 0.6 is 0 Å². The molecule has 0 saturated carbocycles. The third-order valence-corrected chi connectivity index (χ3v) is 3.10. The molecule has 1 rings (SSSR count). The monoisotopic (exact) mass is 255 g/mol. The zero-order chi connectivity index (χ0) is 13.4. The fraction of sp³-hybridized carbons (Fsp3) is 0.600. The maximum absolute atomic E-state index is 13.6. The average Bonchev–Trinajstić information content (AvgIpc) is 2.35. The smallest absolute Gasteiger partial charge is 0.162 e. The van der Waals surface area contributed by atoms with Gasteiger partial charge in [0.25, 0.3) is 0 Å². The van der Waals surface area contributed by atoms with Crippen molar-refractivity contribution >= 4 is 0 Å². The summed E-state index contributed by atoms with van der Waals surface area (Å²) in [5.74, 6) is -1.06. The Morgan fingerprint density at radius 1 is 1.17 bits per heavy atom. The summed E-state index contributed by atoms with van der Waals surface area (Å²) in [5, 5.41) is 3.36. The Hall–Kier alpha value is -0.960. The van der Waals surface area contributed by atoms with Crippen molar-refractivity contribution in [1.29, 1.82) is 0 Å². The standard InChI is InChI=1S/C15H23F2N/c1-3-6-12(11-18-9-4-2)10-13-7-5-8-14(16)15(13)17/h5,7-8,12,18H,3-4,6,9-11H2,1-2H3. The van der Waals surface area contributed by atoms with E-state index in [-0.39, 0.29) is 0 Å². The highest BCUT2D eigenvalue weighted by Crippen LogP contribution is 2.18. The predicted octanol–water partition coefficient (Wildman–Crippen LogP) is 3.92. The van der Waals surface area contributed by atoms with Gasteiger partial charge in [0.2, 0.25) is 0 Å². The zero-order valence-electron chi connectivity index (χ0n) is 11.3. The molecule has 3 heteroatoms. The maximum Gasteiger partial charge on any atom is 0.162 e. The molecule has 1 atom stereocenters. The molecule has 18 heavy (non-hydrogen) atoms. The SMILES string of the molecule is CCCNCC(CCC)Cc1cccc(F)c1F. The number of rotatable bonds is 8. The highest BCUT2D eigenvalue weighted by Gasteiger charge is 2.13. The molecule has 0 spiro atoms. The topological polar surface area (TPSA) is 12.0 Å². The quantitative estimate of drug-likeness (QED) is 0.694. The lowest BCUT2D eigenvalue weighted by Crippen LogP contribution is -2.25. The minimum absolute atomic E-state index is 0.373. The molecule has 1 aromatic carbocycles. The van der Waals surface area contributed by atoms with Crippen molar-refractivity contribution in [2.45, 2.75) is 39.5 Å². The molecular weight excluding hydrogens is 232 g/mol. The van der Waals surface area contributed by atoms with E-state index in [1.54, 1.807) is 12.1 Å². The van der Waals surface area contributed by atoms with Crippen LogP contribution in [-0.4, -0.2) is 13.1 Å². The van der Waals surface area contributed by atoms with E-state index >= 15 is 0 Å². The minimum Gasteiger partial charge on any atom is -0.316 e. The minimum atomic E-state index is -0.746. The van der Waals surface area contributed by atoms with Crippen molar-refractivity contribution in [2.75, 3.05) is 13.1 Å². The summed E-state index contributed by atoms with van der Waals surface area (Å²) in [4.78, 5) is 0. The Balaban J connectivity index is 2.61. The summed E-state index contributed by atoms with van der Waals surface area (Å²) in [6.45, 7) is 6.09. The van der Waals surface area contributed by atoms with Crippen molar-refractivity contribution in [1.82, 2.24) is 5.32 Å². The molecule has 1 unspecified atom stereocenters. The summed E-state index contributed by atoms with van der Waals surface area (Å²) in [6, 6.07) is 4.43. The number of nitrogens with one attached hydrogen (secondary N) is 1. The van der Waals surface area contributed by atoms with Gasteiger partial charge in [-0.3, -0.25) is 0 Å². The molecule has 1 aromatic rings. The number of hydrogen-bond donors (Lipinski definition) is 1. The Morgan fingerprint density at radius 2 is 1.94 bits per heavy atom. The molecule has 1 N–H and O–H groups in total. The van der Waals surface area contributed by atoms with Gasteiger partial charge >= 0.3 is 0 Å². The highest BCUT2D eigenvalue weighted by atomic mass is 19.2. The molecule has 102 valence electrons. The van der Waals surface area contributed by atoms with Crippen molar-refractivity contribution < 1.29 is 8.78 Å². The van der Waals surface area contributed by atoms with Crippen LogP contribution in [0.5, 0.6) is 0 Å². The van der Waals surface area contributed by atoms with Gasteiger partial charge in [-0.05, 0) is 49.9 Å². The first kappa shape index (κ1) is 15.1. The molecule has 0 aromatic heterocycles. The van der Waals surface area contributed by atoms with Gasteiger partial charge in [-0.25, -0.2) is 8.78 Å². The number of hydrogen-bond acceptors (Lipinski definition) is 1. The van der Waals surface area contributed by atoms with Gasteiger partial charge in [0.05, 0.1) is 0 Å². The predicted molar refractivity (Wildman–Crippen MR) is 71.6 cm³/mol. The second-order valence-corrected chi connectivity index (χ2v) is 4.78. The first-order chi connectivity index (χ1) is 8.69. The summed E-state index contributed by atoms with van der Waals surface area (Å²) in [5.41, 5.74) is 0.492. The highest BCUT2D eigenvalue weighted by molar-refractivity contribution is 5.19. The lowest BCUT2D eigenvalue weighted by molar-refractivity contribution is 0.424. The molecule has 0 heterocycles. The molecule has 0 aliphatic rings. The van der Waals surface area contributed by atoms with Crippen LogP contribution in [0.15, 0.2) is 18.2 Å². The van der Waals surface area contributed by atoms with E-state index in [2.05, 4.69) is 19.2 Å². The van der Waals surface area contributed by atoms with Crippen LogP contribution < -0.4 is 5.32 Å². The Morgan fingerprint density at radius 3 is 2.61 bits per heavy atom. The van der Waals surface area contributed by atoms with E-state index < -0.39 is 11.6 Å². The van der Waals surface area contributed by atoms with E-state index in [1.165, 1.54) is 6.07 Å². The van der Waals surface area contributed by atoms with Gasteiger partial charge in [-0.2, -0.15) is 0 Å².